The summed E-state index contributed by atoms with van der Waals surface area (Å²) in [7, 11) is 0. The van der Waals surface area contributed by atoms with E-state index >= 15 is 0 Å². The summed E-state index contributed by atoms with van der Waals surface area (Å²) in [5.41, 5.74) is 1.61. The highest BCUT2D eigenvalue weighted by Crippen LogP contribution is 2.38. The standard InChI is InChI=1S/C32H23Cl2N3O7/c33-24-16-22-25(28(34)36-24)35-18-37(22)29-27(44-32(40)21-14-8-3-9-15-21)26(43-31(39)20-12-6-2-7-13-20)23(42-29)17-41-30(38)19-10-4-1-5-11-19/h1-16,18,23,26-27,29H,17H2/t23-,26-,27-,29-/m1/s1. The second-order valence-corrected chi connectivity index (χ2v) is 10.5. The third-order valence-electron chi connectivity index (χ3n) is 6.94. The minimum Gasteiger partial charge on any atom is -0.459 e. The molecule has 0 unspecified atom stereocenters. The fraction of sp³-hybridized carbons (Fsp3) is 0.156. The predicted octanol–water partition coefficient (Wildman–Crippen LogP) is 5.94. The van der Waals surface area contributed by atoms with Crippen molar-refractivity contribution in [3.63, 3.8) is 0 Å². The molecule has 0 amide bonds. The van der Waals surface area contributed by atoms with E-state index in [0.717, 1.165) is 0 Å². The van der Waals surface area contributed by atoms with Gasteiger partial charge in [0.15, 0.2) is 23.6 Å². The lowest BCUT2D eigenvalue weighted by Crippen LogP contribution is -2.41. The quantitative estimate of drug-likeness (QED) is 0.116. The van der Waals surface area contributed by atoms with Gasteiger partial charge in [0.25, 0.3) is 0 Å². The molecular formula is C32H23Cl2N3O7. The molecule has 5 aromatic rings. The minimum atomic E-state index is -1.22. The Labute approximate surface area is 261 Å². The van der Waals surface area contributed by atoms with Crippen LogP contribution < -0.4 is 0 Å². The molecule has 1 fully saturated rings. The van der Waals surface area contributed by atoms with Crippen molar-refractivity contribution >= 4 is 52.1 Å². The van der Waals surface area contributed by atoms with Gasteiger partial charge in [-0.1, -0.05) is 77.8 Å². The van der Waals surface area contributed by atoms with Gasteiger partial charge in [-0.3, -0.25) is 4.57 Å². The molecule has 0 aliphatic carbocycles. The number of benzene rings is 3. The van der Waals surface area contributed by atoms with Gasteiger partial charge in [-0.25, -0.2) is 24.4 Å². The molecule has 1 aliphatic rings. The first kappa shape index (κ1) is 29.3. The maximum atomic E-state index is 13.4. The van der Waals surface area contributed by atoms with Gasteiger partial charge in [0, 0.05) is 6.07 Å². The number of hydrogen-bond acceptors (Lipinski definition) is 9. The van der Waals surface area contributed by atoms with E-state index in [4.69, 9.17) is 42.1 Å². The number of imidazole rings is 1. The third kappa shape index (κ3) is 6.14. The molecule has 0 saturated carbocycles. The lowest BCUT2D eigenvalue weighted by Gasteiger charge is -2.25. The molecule has 0 N–H and O–H groups in total. The maximum Gasteiger partial charge on any atom is 0.338 e. The zero-order chi connectivity index (χ0) is 30.6. The highest BCUT2D eigenvalue weighted by atomic mass is 35.5. The van der Waals surface area contributed by atoms with Crippen LogP contribution in [0.3, 0.4) is 0 Å². The van der Waals surface area contributed by atoms with E-state index in [2.05, 4.69) is 9.97 Å². The fourth-order valence-corrected chi connectivity index (χ4v) is 5.32. The summed E-state index contributed by atoms with van der Waals surface area (Å²) in [5, 5.41) is 0.156. The van der Waals surface area contributed by atoms with Gasteiger partial charge in [0.05, 0.1) is 28.5 Å². The second-order valence-electron chi connectivity index (χ2n) is 9.76. The molecule has 1 saturated heterocycles. The van der Waals surface area contributed by atoms with Crippen molar-refractivity contribution in [1.29, 1.82) is 0 Å². The molecule has 12 heteroatoms. The Morgan fingerprint density at radius 3 is 1.84 bits per heavy atom. The van der Waals surface area contributed by atoms with Crippen LogP contribution in [0.5, 0.6) is 0 Å². The van der Waals surface area contributed by atoms with Crippen LogP contribution in [-0.4, -0.2) is 57.4 Å². The number of fused-ring (bicyclic) bond motifs is 1. The first-order chi connectivity index (χ1) is 21.4. The van der Waals surface area contributed by atoms with E-state index in [0.29, 0.717) is 16.6 Å². The van der Waals surface area contributed by atoms with Crippen LogP contribution in [0.15, 0.2) is 103 Å². The number of esters is 3. The first-order valence-corrected chi connectivity index (χ1v) is 14.2. The number of aromatic nitrogens is 3. The molecule has 0 spiro atoms. The van der Waals surface area contributed by atoms with Crippen LogP contribution in [-0.2, 0) is 18.9 Å². The highest BCUT2D eigenvalue weighted by Gasteiger charge is 2.51. The summed E-state index contributed by atoms with van der Waals surface area (Å²) in [4.78, 5) is 47.9. The topological polar surface area (TPSA) is 119 Å². The predicted molar refractivity (Wildman–Crippen MR) is 159 cm³/mol. The summed E-state index contributed by atoms with van der Waals surface area (Å²) in [6.07, 6.45) is -3.17. The molecule has 2 aromatic heterocycles. The van der Waals surface area contributed by atoms with Gasteiger partial charge in [-0.2, -0.15) is 0 Å². The molecule has 1 aliphatic heterocycles. The molecular weight excluding hydrogens is 609 g/mol. The van der Waals surface area contributed by atoms with Crippen LogP contribution >= 0.6 is 23.2 Å². The second kappa shape index (κ2) is 12.8. The van der Waals surface area contributed by atoms with E-state index in [1.165, 1.54) is 12.4 Å². The van der Waals surface area contributed by atoms with E-state index in [1.54, 1.807) is 95.6 Å². The Hall–Kier alpha value is -4.77. The smallest absolute Gasteiger partial charge is 0.338 e. The van der Waals surface area contributed by atoms with Crippen molar-refractivity contribution < 1.29 is 33.3 Å². The van der Waals surface area contributed by atoms with Gasteiger partial charge in [-0.15, -0.1) is 0 Å². The molecule has 222 valence electrons. The zero-order valence-corrected chi connectivity index (χ0v) is 24.3. The Morgan fingerprint density at radius 2 is 1.27 bits per heavy atom. The maximum absolute atomic E-state index is 13.4. The lowest BCUT2D eigenvalue weighted by molar-refractivity contribution is -0.0604. The summed E-state index contributed by atoms with van der Waals surface area (Å²) < 4.78 is 25.5. The number of ether oxygens (including phenoxy) is 4. The molecule has 10 nitrogen and oxygen atoms in total. The van der Waals surface area contributed by atoms with Crippen molar-refractivity contribution in [3.05, 3.63) is 130 Å². The van der Waals surface area contributed by atoms with Crippen molar-refractivity contribution in [2.45, 2.75) is 24.5 Å². The molecule has 4 atom stereocenters. The Bertz CT molecular complexity index is 1800. The number of carbonyl (C=O) groups excluding carboxylic acids is 3. The normalized spacial score (nSPS) is 19.4. The number of rotatable bonds is 8. The monoisotopic (exact) mass is 631 g/mol. The number of pyridine rings is 1. The number of halogens is 2. The van der Waals surface area contributed by atoms with Gasteiger partial charge >= 0.3 is 17.9 Å². The lowest BCUT2D eigenvalue weighted by atomic mass is 10.1. The van der Waals surface area contributed by atoms with Gasteiger partial charge in [0.2, 0.25) is 0 Å². The van der Waals surface area contributed by atoms with E-state index < -0.39 is 42.4 Å². The number of carbonyl (C=O) groups is 3. The Morgan fingerprint density at radius 1 is 0.750 bits per heavy atom. The summed E-state index contributed by atoms with van der Waals surface area (Å²) in [6, 6.07) is 26.6. The average Bonchev–Trinajstić information content (AvgIpc) is 3.62. The van der Waals surface area contributed by atoms with Crippen molar-refractivity contribution in [3.8, 4) is 0 Å². The highest BCUT2D eigenvalue weighted by molar-refractivity contribution is 6.36. The third-order valence-corrected chi connectivity index (χ3v) is 7.40. The van der Waals surface area contributed by atoms with Crippen LogP contribution in [0.1, 0.15) is 37.3 Å². The molecule has 0 radical (unpaired) electrons. The SMILES string of the molecule is O=C(OC[C@H]1O[C@@H](n2cnc3c(Cl)nc(Cl)cc32)[C@H](OC(=O)c2ccccc2)[C@@H]1OC(=O)c1ccccc1)c1ccccc1. The van der Waals surface area contributed by atoms with Crippen LogP contribution in [0, 0.1) is 0 Å². The van der Waals surface area contributed by atoms with Gasteiger partial charge < -0.3 is 18.9 Å². The van der Waals surface area contributed by atoms with Crippen LogP contribution in [0.4, 0.5) is 0 Å². The fourth-order valence-electron chi connectivity index (χ4n) is 4.85. The Balaban J connectivity index is 1.39. The van der Waals surface area contributed by atoms with Crippen molar-refractivity contribution in [1.82, 2.24) is 14.5 Å². The average molecular weight is 632 g/mol. The van der Waals surface area contributed by atoms with E-state index in [1.807, 2.05) is 0 Å². The summed E-state index contributed by atoms with van der Waals surface area (Å²) in [5.74, 6) is -1.99. The van der Waals surface area contributed by atoms with Crippen LogP contribution in [0.25, 0.3) is 11.0 Å². The van der Waals surface area contributed by atoms with E-state index in [-0.39, 0.29) is 28.0 Å². The molecule has 3 heterocycles. The van der Waals surface area contributed by atoms with Gasteiger partial charge in [-0.05, 0) is 36.4 Å². The van der Waals surface area contributed by atoms with Crippen molar-refractivity contribution in [2.75, 3.05) is 6.61 Å². The molecule has 3 aromatic carbocycles. The van der Waals surface area contributed by atoms with Crippen LogP contribution in [0.2, 0.25) is 10.3 Å². The largest absolute Gasteiger partial charge is 0.459 e. The Kier molecular flexibility index (Phi) is 8.56. The van der Waals surface area contributed by atoms with Crippen molar-refractivity contribution in [2.24, 2.45) is 0 Å². The number of hydrogen-bond donors (Lipinski definition) is 0. The summed E-state index contributed by atoms with van der Waals surface area (Å²) >= 11 is 12.5. The zero-order valence-electron chi connectivity index (χ0n) is 22.8. The molecule has 0 bridgehead atoms. The number of nitrogens with zero attached hydrogens (tertiary/aromatic N) is 3. The molecule has 6 rings (SSSR count). The summed E-state index contributed by atoms with van der Waals surface area (Å²) in [6.45, 7) is -0.327. The molecule has 44 heavy (non-hydrogen) atoms. The van der Waals surface area contributed by atoms with Gasteiger partial charge in [0.1, 0.15) is 23.4 Å². The van der Waals surface area contributed by atoms with E-state index in [9.17, 15) is 14.4 Å². The minimum absolute atomic E-state index is 0.0578. The first-order valence-electron chi connectivity index (χ1n) is 13.5.